The lowest BCUT2D eigenvalue weighted by atomic mass is 9.76. The second kappa shape index (κ2) is 4.38. The van der Waals surface area contributed by atoms with Gasteiger partial charge in [0.25, 0.3) is 0 Å². The fourth-order valence-electron chi connectivity index (χ4n) is 3.38. The second-order valence-electron chi connectivity index (χ2n) is 6.64. The van der Waals surface area contributed by atoms with Crippen LogP contribution in [-0.4, -0.2) is 17.0 Å². The SMILES string of the molecule is CC(=O)C1CCC2(CC1)CC[C@](C)(C(C)C)O2. The Labute approximate surface area is 105 Å². The smallest absolute Gasteiger partial charge is 0.132 e. The molecule has 2 nitrogen and oxygen atoms in total. The number of hydrogen-bond donors (Lipinski definition) is 0. The minimum absolute atomic E-state index is 0.0586. The van der Waals surface area contributed by atoms with Gasteiger partial charge >= 0.3 is 0 Å². The Bertz CT molecular complexity index is 300. The Morgan fingerprint density at radius 2 is 1.76 bits per heavy atom. The molecule has 2 rings (SSSR count). The highest BCUT2D eigenvalue weighted by molar-refractivity contribution is 5.78. The third-order valence-electron chi connectivity index (χ3n) is 5.22. The lowest BCUT2D eigenvalue weighted by molar-refractivity contribution is -0.140. The van der Waals surface area contributed by atoms with Gasteiger partial charge < -0.3 is 4.74 Å². The molecule has 0 aromatic rings. The van der Waals surface area contributed by atoms with Crippen LogP contribution >= 0.6 is 0 Å². The van der Waals surface area contributed by atoms with E-state index in [4.69, 9.17) is 4.74 Å². The summed E-state index contributed by atoms with van der Waals surface area (Å²) in [4.78, 5) is 11.4. The van der Waals surface area contributed by atoms with Crippen LogP contribution in [0.4, 0.5) is 0 Å². The summed E-state index contributed by atoms with van der Waals surface area (Å²) in [6.07, 6.45) is 6.59. The van der Waals surface area contributed by atoms with Crippen molar-refractivity contribution >= 4 is 5.78 Å². The standard InChI is InChI=1S/C15H26O2/c1-11(2)14(4)9-10-15(17-14)7-5-13(6-8-15)12(3)16/h11,13H,5-10H2,1-4H3/t13?,14-,15?/m1/s1. The van der Waals surface area contributed by atoms with Gasteiger partial charge in [-0.25, -0.2) is 0 Å². The van der Waals surface area contributed by atoms with Gasteiger partial charge in [0.1, 0.15) is 5.78 Å². The highest BCUT2D eigenvalue weighted by Gasteiger charge is 2.49. The third-order valence-corrected chi connectivity index (χ3v) is 5.22. The van der Waals surface area contributed by atoms with Crippen molar-refractivity contribution in [2.75, 3.05) is 0 Å². The fourth-order valence-corrected chi connectivity index (χ4v) is 3.38. The molecule has 1 saturated carbocycles. The van der Waals surface area contributed by atoms with Gasteiger partial charge in [0.05, 0.1) is 11.2 Å². The molecule has 2 heteroatoms. The number of ketones is 1. The maximum Gasteiger partial charge on any atom is 0.132 e. The molecule has 0 bridgehead atoms. The number of carbonyl (C=O) groups is 1. The van der Waals surface area contributed by atoms with E-state index in [9.17, 15) is 4.79 Å². The number of ether oxygens (including phenoxy) is 1. The summed E-state index contributed by atoms with van der Waals surface area (Å²) in [5, 5.41) is 0. The Hall–Kier alpha value is -0.370. The molecule has 1 atom stereocenters. The number of carbonyl (C=O) groups excluding carboxylic acids is 1. The first-order chi connectivity index (χ1) is 7.87. The minimum Gasteiger partial charge on any atom is -0.369 e. The maximum absolute atomic E-state index is 11.4. The number of hydrogen-bond acceptors (Lipinski definition) is 2. The average molecular weight is 238 g/mol. The molecule has 1 heterocycles. The van der Waals surface area contributed by atoms with E-state index in [1.54, 1.807) is 6.92 Å². The highest BCUT2D eigenvalue weighted by atomic mass is 16.5. The van der Waals surface area contributed by atoms with Crippen LogP contribution in [0.3, 0.4) is 0 Å². The van der Waals surface area contributed by atoms with E-state index in [-0.39, 0.29) is 11.2 Å². The quantitative estimate of drug-likeness (QED) is 0.732. The predicted molar refractivity (Wildman–Crippen MR) is 68.9 cm³/mol. The first-order valence-electron chi connectivity index (χ1n) is 7.08. The van der Waals surface area contributed by atoms with Crippen LogP contribution < -0.4 is 0 Å². The summed E-state index contributed by atoms with van der Waals surface area (Å²) < 4.78 is 6.46. The van der Waals surface area contributed by atoms with E-state index in [1.807, 2.05) is 0 Å². The maximum atomic E-state index is 11.4. The van der Waals surface area contributed by atoms with Crippen LogP contribution in [0.5, 0.6) is 0 Å². The second-order valence-corrected chi connectivity index (χ2v) is 6.64. The van der Waals surface area contributed by atoms with Gasteiger partial charge in [-0.1, -0.05) is 13.8 Å². The summed E-state index contributed by atoms with van der Waals surface area (Å²) in [6, 6.07) is 0. The van der Waals surface area contributed by atoms with E-state index in [0.717, 1.165) is 25.7 Å². The zero-order valence-corrected chi connectivity index (χ0v) is 11.7. The summed E-state index contributed by atoms with van der Waals surface area (Å²) in [5.41, 5.74) is 0.161. The molecule has 1 aliphatic heterocycles. The van der Waals surface area contributed by atoms with Crippen LogP contribution in [0, 0.1) is 11.8 Å². The van der Waals surface area contributed by atoms with Crippen LogP contribution in [0.2, 0.25) is 0 Å². The Morgan fingerprint density at radius 1 is 1.18 bits per heavy atom. The lowest BCUT2D eigenvalue weighted by Gasteiger charge is -2.39. The Balaban J connectivity index is 1.99. The molecule has 1 spiro atoms. The molecule has 2 aliphatic rings. The van der Waals surface area contributed by atoms with Crippen LogP contribution in [0.1, 0.15) is 66.2 Å². The van der Waals surface area contributed by atoms with Crippen molar-refractivity contribution < 1.29 is 9.53 Å². The van der Waals surface area contributed by atoms with Gasteiger partial charge in [-0.05, 0) is 58.3 Å². The van der Waals surface area contributed by atoms with Crippen LogP contribution in [-0.2, 0) is 9.53 Å². The molecule has 17 heavy (non-hydrogen) atoms. The molecule has 2 fully saturated rings. The Morgan fingerprint density at radius 3 is 2.18 bits per heavy atom. The van der Waals surface area contributed by atoms with Crippen molar-refractivity contribution in [3.63, 3.8) is 0 Å². The molecule has 0 amide bonds. The van der Waals surface area contributed by atoms with Gasteiger partial charge in [-0.2, -0.15) is 0 Å². The van der Waals surface area contributed by atoms with E-state index in [2.05, 4.69) is 20.8 Å². The van der Waals surface area contributed by atoms with Gasteiger partial charge in [0.15, 0.2) is 0 Å². The van der Waals surface area contributed by atoms with E-state index < -0.39 is 0 Å². The fraction of sp³-hybridized carbons (Fsp3) is 0.933. The average Bonchev–Trinajstić information content (AvgIpc) is 2.58. The van der Waals surface area contributed by atoms with Crippen molar-refractivity contribution in [3.05, 3.63) is 0 Å². The molecule has 0 radical (unpaired) electrons. The van der Waals surface area contributed by atoms with Crippen LogP contribution in [0.15, 0.2) is 0 Å². The van der Waals surface area contributed by atoms with Crippen molar-refractivity contribution in [1.29, 1.82) is 0 Å². The minimum atomic E-state index is 0.0586. The van der Waals surface area contributed by atoms with Gasteiger partial charge in [0, 0.05) is 5.92 Å². The van der Waals surface area contributed by atoms with Crippen molar-refractivity contribution in [3.8, 4) is 0 Å². The van der Waals surface area contributed by atoms with E-state index in [1.165, 1.54) is 12.8 Å². The lowest BCUT2D eigenvalue weighted by Crippen LogP contribution is -2.40. The molecular formula is C15H26O2. The third kappa shape index (κ3) is 2.42. The molecule has 1 saturated heterocycles. The first-order valence-corrected chi connectivity index (χ1v) is 7.08. The topological polar surface area (TPSA) is 26.3 Å². The predicted octanol–water partition coefficient (Wildman–Crippen LogP) is 3.73. The zero-order valence-electron chi connectivity index (χ0n) is 11.7. The Kier molecular flexibility index (Phi) is 3.37. The molecule has 1 aliphatic carbocycles. The molecule has 0 aromatic heterocycles. The van der Waals surface area contributed by atoms with Gasteiger partial charge in [-0.15, -0.1) is 0 Å². The van der Waals surface area contributed by atoms with Crippen molar-refractivity contribution in [1.82, 2.24) is 0 Å². The molecule has 98 valence electrons. The van der Waals surface area contributed by atoms with E-state index >= 15 is 0 Å². The van der Waals surface area contributed by atoms with Crippen molar-refractivity contribution in [2.24, 2.45) is 11.8 Å². The van der Waals surface area contributed by atoms with Gasteiger partial charge in [-0.3, -0.25) is 4.79 Å². The molecular weight excluding hydrogens is 212 g/mol. The summed E-state index contributed by atoms with van der Waals surface area (Å²) in [7, 11) is 0. The molecule has 0 N–H and O–H groups in total. The first kappa shape index (κ1) is 13.1. The highest BCUT2D eigenvalue weighted by Crippen LogP contribution is 2.49. The van der Waals surface area contributed by atoms with Gasteiger partial charge in [0.2, 0.25) is 0 Å². The molecule has 0 aromatic carbocycles. The summed E-state index contributed by atoms with van der Waals surface area (Å²) in [5.74, 6) is 1.24. The molecule has 0 unspecified atom stereocenters. The number of rotatable bonds is 2. The van der Waals surface area contributed by atoms with Crippen LogP contribution in [0.25, 0.3) is 0 Å². The monoisotopic (exact) mass is 238 g/mol. The summed E-state index contributed by atoms with van der Waals surface area (Å²) >= 11 is 0. The van der Waals surface area contributed by atoms with E-state index in [0.29, 0.717) is 17.6 Å². The number of Topliss-reactive ketones (excluding diaryl/α,β-unsaturated/α-hetero) is 1. The zero-order chi connectivity index (χ0) is 12.7. The van der Waals surface area contributed by atoms with Crippen molar-refractivity contribution in [2.45, 2.75) is 77.4 Å². The normalized spacial score (nSPS) is 42.3. The largest absolute Gasteiger partial charge is 0.369 e. The summed E-state index contributed by atoms with van der Waals surface area (Å²) in [6.45, 7) is 8.49.